The van der Waals surface area contributed by atoms with Gasteiger partial charge in [0.1, 0.15) is 0 Å². The standard InChI is InChI=1S/C11H15N3S2/c12-4-6-13-5-3-11-14-9(8-16-11)10-2-1-7-15-10/h1-2,7-8,13H,3-6,12H2. The highest BCUT2D eigenvalue weighted by atomic mass is 32.1. The Morgan fingerprint density at radius 3 is 3.00 bits per heavy atom. The Labute approximate surface area is 103 Å². The topological polar surface area (TPSA) is 50.9 Å². The second kappa shape index (κ2) is 6.10. The average molecular weight is 253 g/mol. The van der Waals surface area contributed by atoms with Gasteiger partial charge in [0, 0.05) is 31.4 Å². The first-order valence-corrected chi connectivity index (χ1v) is 7.05. The summed E-state index contributed by atoms with van der Waals surface area (Å²) in [6.07, 6.45) is 0.982. The Morgan fingerprint density at radius 1 is 1.31 bits per heavy atom. The van der Waals surface area contributed by atoms with E-state index in [1.54, 1.807) is 22.7 Å². The summed E-state index contributed by atoms with van der Waals surface area (Å²) < 4.78 is 0. The van der Waals surface area contributed by atoms with Gasteiger partial charge in [-0.25, -0.2) is 4.98 Å². The van der Waals surface area contributed by atoms with Crippen LogP contribution in [0.4, 0.5) is 0 Å². The van der Waals surface area contributed by atoms with Crippen molar-refractivity contribution in [3.05, 3.63) is 27.9 Å². The molecule has 2 aromatic heterocycles. The van der Waals surface area contributed by atoms with Gasteiger partial charge in [0.15, 0.2) is 0 Å². The lowest BCUT2D eigenvalue weighted by atomic mass is 10.4. The summed E-state index contributed by atoms with van der Waals surface area (Å²) in [5.74, 6) is 0. The van der Waals surface area contributed by atoms with E-state index in [1.165, 1.54) is 9.88 Å². The van der Waals surface area contributed by atoms with Crippen LogP contribution >= 0.6 is 22.7 Å². The van der Waals surface area contributed by atoms with Crippen LogP contribution in [0, 0.1) is 0 Å². The predicted molar refractivity (Wildman–Crippen MR) is 71.1 cm³/mol. The van der Waals surface area contributed by atoms with Gasteiger partial charge >= 0.3 is 0 Å². The van der Waals surface area contributed by atoms with Crippen LogP contribution in [0.3, 0.4) is 0 Å². The third-order valence-electron chi connectivity index (χ3n) is 2.16. The number of aromatic nitrogens is 1. The second-order valence-corrected chi connectivity index (χ2v) is 5.28. The quantitative estimate of drug-likeness (QED) is 0.774. The van der Waals surface area contributed by atoms with Crippen LogP contribution in [-0.4, -0.2) is 24.6 Å². The number of hydrogen-bond donors (Lipinski definition) is 2. The molecule has 0 aromatic carbocycles. The summed E-state index contributed by atoms with van der Waals surface area (Å²) in [7, 11) is 0. The van der Waals surface area contributed by atoms with Gasteiger partial charge in [-0.05, 0) is 11.4 Å². The maximum absolute atomic E-state index is 5.40. The van der Waals surface area contributed by atoms with Gasteiger partial charge in [-0.2, -0.15) is 0 Å². The molecule has 3 nitrogen and oxygen atoms in total. The van der Waals surface area contributed by atoms with Crippen molar-refractivity contribution in [3.8, 4) is 10.6 Å². The third kappa shape index (κ3) is 3.12. The van der Waals surface area contributed by atoms with E-state index in [9.17, 15) is 0 Å². The van der Waals surface area contributed by atoms with Gasteiger partial charge in [0.2, 0.25) is 0 Å². The van der Waals surface area contributed by atoms with Crippen LogP contribution in [-0.2, 0) is 6.42 Å². The molecule has 2 heterocycles. The molecule has 86 valence electrons. The van der Waals surface area contributed by atoms with E-state index in [0.29, 0.717) is 6.54 Å². The number of nitrogens with two attached hydrogens (primary N) is 1. The van der Waals surface area contributed by atoms with Crippen molar-refractivity contribution in [1.29, 1.82) is 0 Å². The summed E-state index contributed by atoms with van der Waals surface area (Å²) in [6.45, 7) is 2.52. The fourth-order valence-electron chi connectivity index (χ4n) is 1.39. The van der Waals surface area contributed by atoms with E-state index in [4.69, 9.17) is 5.73 Å². The number of rotatable bonds is 6. The summed E-state index contributed by atoms with van der Waals surface area (Å²) >= 11 is 3.46. The molecular formula is C11H15N3S2. The van der Waals surface area contributed by atoms with Gasteiger partial charge in [-0.15, -0.1) is 22.7 Å². The van der Waals surface area contributed by atoms with Gasteiger partial charge in [-0.3, -0.25) is 0 Å². The van der Waals surface area contributed by atoms with E-state index in [0.717, 1.165) is 25.2 Å². The summed E-state index contributed by atoms with van der Waals surface area (Å²) in [5.41, 5.74) is 6.51. The minimum absolute atomic E-state index is 0.693. The summed E-state index contributed by atoms with van der Waals surface area (Å²) in [6, 6.07) is 4.16. The van der Waals surface area contributed by atoms with Crippen LogP contribution in [0.2, 0.25) is 0 Å². The molecule has 2 rings (SSSR count). The number of hydrogen-bond acceptors (Lipinski definition) is 5. The maximum Gasteiger partial charge on any atom is 0.0945 e. The fraction of sp³-hybridized carbons (Fsp3) is 0.364. The lowest BCUT2D eigenvalue weighted by Crippen LogP contribution is -2.24. The highest BCUT2D eigenvalue weighted by Gasteiger charge is 2.04. The molecule has 0 aliphatic carbocycles. The molecule has 16 heavy (non-hydrogen) atoms. The highest BCUT2D eigenvalue weighted by Crippen LogP contribution is 2.25. The van der Waals surface area contributed by atoms with E-state index >= 15 is 0 Å². The largest absolute Gasteiger partial charge is 0.329 e. The normalized spacial score (nSPS) is 10.8. The molecule has 0 spiro atoms. The Hall–Kier alpha value is -0.750. The molecule has 0 aliphatic heterocycles. The SMILES string of the molecule is NCCNCCc1nc(-c2cccs2)cs1. The zero-order valence-electron chi connectivity index (χ0n) is 8.98. The first-order chi connectivity index (χ1) is 7.90. The van der Waals surface area contributed by atoms with Gasteiger partial charge in [-0.1, -0.05) is 6.07 Å². The summed E-state index contributed by atoms with van der Waals surface area (Å²) in [4.78, 5) is 5.86. The van der Waals surface area contributed by atoms with Crippen molar-refractivity contribution >= 4 is 22.7 Å². The Kier molecular flexibility index (Phi) is 4.47. The average Bonchev–Trinajstić information content (AvgIpc) is 2.94. The predicted octanol–water partition coefficient (Wildman–Crippen LogP) is 1.96. The first-order valence-electron chi connectivity index (χ1n) is 5.29. The molecule has 2 aromatic rings. The molecule has 5 heteroatoms. The van der Waals surface area contributed by atoms with Crippen LogP contribution in [0.25, 0.3) is 10.6 Å². The van der Waals surface area contributed by atoms with E-state index in [1.807, 2.05) is 0 Å². The first kappa shape index (κ1) is 11.7. The molecular weight excluding hydrogens is 238 g/mol. The third-order valence-corrected chi connectivity index (χ3v) is 3.96. The molecule has 0 aliphatic rings. The molecule has 3 N–H and O–H groups in total. The molecule has 0 atom stereocenters. The number of thiophene rings is 1. The highest BCUT2D eigenvalue weighted by molar-refractivity contribution is 7.14. The van der Waals surface area contributed by atoms with Gasteiger partial charge in [0.25, 0.3) is 0 Å². The molecule has 0 amide bonds. The monoisotopic (exact) mass is 253 g/mol. The molecule has 0 bridgehead atoms. The minimum atomic E-state index is 0.693. The Bertz CT molecular complexity index is 409. The van der Waals surface area contributed by atoms with Crippen LogP contribution in [0.1, 0.15) is 5.01 Å². The molecule has 0 fully saturated rings. The molecule has 0 saturated heterocycles. The minimum Gasteiger partial charge on any atom is -0.329 e. The van der Waals surface area contributed by atoms with Crippen LogP contribution in [0.5, 0.6) is 0 Å². The lowest BCUT2D eigenvalue weighted by molar-refractivity contribution is 0.687. The fourth-order valence-corrected chi connectivity index (χ4v) is 2.94. The van der Waals surface area contributed by atoms with Crippen molar-refractivity contribution in [1.82, 2.24) is 10.3 Å². The van der Waals surface area contributed by atoms with Crippen molar-refractivity contribution < 1.29 is 0 Å². The molecule has 0 saturated carbocycles. The number of nitrogens with one attached hydrogen (secondary N) is 1. The maximum atomic E-state index is 5.40. The Balaban J connectivity index is 1.88. The van der Waals surface area contributed by atoms with Gasteiger partial charge < -0.3 is 11.1 Å². The van der Waals surface area contributed by atoms with E-state index in [2.05, 4.69) is 33.2 Å². The summed E-state index contributed by atoms with van der Waals surface area (Å²) in [5, 5.41) is 8.67. The number of thiazole rings is 1. The van der Waals surface area contributed by atoms with Crippen LogP contribution < -0.4 is 11.1 Å². The zero-order valence-corrected chi connectivity index (χ0v) is 10.6. The molecule has 0 radical (unpaired) electrons. The number of nitrogens with zero attached hydrogens (tertiary/aromatic N) is 1. The van der Waals surface area contributed by atoms with E-state index in [-0.39, 0.29) is 0 Å². The zero-order chi connectivity index (χ0) is 11.2. The lowest BCUT2D eigenvalue weighted by Gasteiger charge is -1.99. The van der Waals surface area contributed by atoms with Gasteiger partial charge in [0.05, 0.1) is 15.6 Å². The van der Waals surface area contributed by atoms with Crippen molar-refractivity contribution in [2.45, 2.75) is 6.42 Å². The molecule has 0 unspecified atom stereocenters. The van der Waals surface area contributed by atoms with Crippen LogP contribution in [0.15, 0.2) is 22.9 Å². The van der Waals surface area contributed by atoms with Crippen molar-refractivity contribution in [2.75, 3.05) is 19.6 Å². The second-order valence-electron chi connectivity index (χ2n) is 3.39. The van der Waals surface area contributed by atoms with Crippen molar-refractivity contribution in [3.63, 3.8) is 0 Å². The smallest absolute Gasteiger partial charge is 0.0945 e. The van der Waals surface area contributed by atoms with Crippen molar-refractivity contribution in [2.24, 2.45) is 5.73 Å². The van der Waals surface area contributed by atoms with E-state index < -0.39 is 0 Å². The Morgan fingerprint density at radius 2 is 2.25 bits per heavy atom.